The third-order valence-corrected chi connectivity index (χ3v) is 2.67. The number of hydrogen-bond donors (Lipinski definition) is 1. The molecule has 15 heavy (non-hydrogen) atoms. The molecule has 0 saturated carbocycles. The molecule has 1 aromatic carbocycles. The molecule has 2 unspecified atom stereocenters. The van der Waals surface area contributed by atoms with Gasteiger partial charge in [-0.3, -0.25) is 4.79 Å². The molecule has 2 atom stereocenters. The highest BCUT2D eigenvalue weighted by Gasteiger charge is 2.20. The van der Waals surface area contributed by atoms with E-state index in [-0.39, 0.29) is 0 Å². The van der Waals surface area contributed by atoms with Crippen molar-refractivity contribution in [2.45, 2.75) is 19.1 Å². The zero-order valence-electron chi connectivity index (χ0n) is 8.47. The summed E-state index contributed by atoms with van der Waals surface area (Å²) >= 11 is -2.19. The van der Waals surface area contributed by atoms with Crippen LogP contribution in [0.4, 0.5) is 0 Å². The Balaban J connectivity index is 2.66. The van der Waals surface area contributed by atoms with E-state index in [4.69, 9.17) is 9.29 Å². The molecule has 4 nitrogen and oxygen atoms in total. The first-order chi connectivity index (χ1) is 7.00. The normalized spacial score (nSPS) is 14.3. The van der Waals surface area contributed by atoms with E-state index in [1.807, 2.05) is 6.92 Å². The summed E-state index contributed by atoms with van der Waals surface area (Å²) in [4.78, 5) is 11.3. The molecule has 0 spiro atoms. The van der Waals surface area contributed by atoms with Crippen LogP contribution in [0.3, 0.4) is 0 Å². The molecule has 0 aliphatic heterocycles. The monoisotopic (exact) mass is 228 g/mol. The summed E-state index contributed by atoms with van der Waals surface area (Å²) in [6.45, 7) is 3.25. The van der Waals surface area contributed by atoms with Crippen LogP contribution in [-0.4, -0.2) is 20.0 Å². The van der Waals surface area contributed by atoms with E-state index < -0.39 is 22.3 Å². The number of ether oxygens (including phenoxy) is 1. The van der Waals surface area contributed by atoms with Gasteiger partial charge in [-0.15, -0.1) is 0 Å². The third-order valence-electron chi connectivity index (χ3n) is 1.87. The molecule has 0 amide bonds. The highest BCUT2D eigenvalue weighted by molar-refractivity contribution is 7.80. The first kappa shape index (κ1) is 11.9. The van der Waals surface area contributed by atoms with Gasteiger partial charge in [0.1, 0.15) is 5.75 Å². The number of benzene rings is 1. The maximum Gasteiger partial charge on any atom is 0.329 e. The fourth-order valence-corrected chi connectivity index (χ4v) is 1.10. The highest BCUT2D eigenvalue weighted by atomic mass is 32.2. The molecular weight excluding hydrogens is 216 g/mol. The first-order valence-corrected chi connectivity index (χ1v) is 5.55. The summed E-state index contributed by atoms with van der Waals surface area (Å²) in [5, 5.41) is -1.04. The van der Waals surface area contributed by atoms with Crippen molar-refractivity contribution in [2.24, 2.45) is 0 Å². The molecule has 1 aromatic rings. The van der Waals surface area contributed by atoms with Gasteiger partial charge in [-0.2, -0.15) is 0 Å². The average molecular weight is 228 g/mol. The fraction of sp³-hybridized carbons (Fsp3) is 0.300. The Kier molecular flexibility index (Phi) is 3.99. The van der Waals surface area contributed by atoms with E-state index in [0.29, 0.717) is 5.75 Å². The summed E-state index contributed by atoms with van der Waals surface area (Å²) in [5.41, 5.74) is 1.05. The maximum absolute atomic E-state index is 11.3. The lowest BCUT2D eigenvalue weighted by atomic mass is 10.2. The van der Waals surface area contributed by atoms with Crippen LogP contribution in [0.2, 0.25) is 0 Å². The summed E-state index contributed by atoms with van der Waals surface area (Å²) in [5.74, 6) is -0.331. The Morgan fingerprint density at radius 3 is 2.40 bits per heavy atom. The third kappa shape index (κ3) is 3.45. The minimum atomic E-state index is -2.19. The minimum absolute atomic E-state index is 0.378. The van der Waals surface area contributed by atoms with Crippen LogP contribution in [0.1, 0.15) is 12.5 Å². The second kappa shape index (κ2) is 5.04. The quantitative estimate of drug-likeness (QED) is 0.484. The van der Waals surface area contributed by atoms with Crippen molar-refractivity contribution >= 4 is 17.0 Å². The van der Waals surface area contributed by atoms with E-state index >= 15 is 0 Å². The topological polar surface area (TPSA) is 63.6 Å². The number of aryl methyl sites for hydroxylation is 1. The van der Waals surface area contributed by atoms with E-state index in [2.05, 4.69) is 0 Å². The van der Waals surface area contributed by atoms with Crippen molar-refractivity contribution in [1.29, 1.82) is 0 Å². The molecule has 0 radical (unpaired) electrons. The van der Waals surface area contributed by atoms with Crippen molar-refractivity contribution in [3.63, 3.8) is 0 Å². The molecule has 1 rings (SSSR count). The molecule has 0 saturated heterocycles. The zero-order chi connectivity index (χ0) is 11.4. The van der Waals surface area contributed by atoms with Crippen molar-refractivity contribution < 1.29 is 18.3 Å². The largest absolute Gasteiger partial charge is 0.426 e. The molecule has 0 aromatic heterocycles. The van der Waals surface area contributed by atoms with Crippen molar-refractivity contribution in [1.82, 2.24) is 0 Å². The number of rotatable bonds is 3. The van der Waals surface area contributed by atoms with E-state index in [0.717, 1.165) is 5.56 Å². The second-order valence-corrected chi connectivity index (χ2v) is 4.41. The lowest BCUT2D eigenvalue weighted by Gasteiger charge is -2.07. The molecule has 82 valence electrons. The van der Waals surface area contributed by atoms with Crippen LogP contribution in [0, 0.1) is 6.92 Å². The average Bonchev–Trinajstić information content (AvgIpc) is 2.20. The smallest absolute Gasteiger partial charge is 0.329 e. The van der Waals surface area contributed by atoms with Crippen LogP contribution in [-0.2, 0) is 15.9 Å². The van der Waals surface area contributed by atoms with Gasteiger partial charge in [0.15, 0.2) is 16.3 Å². The van der Waals surface area contributed by atoms with E-state index in [9.17, 15) is 9.00 Å². The SMILES string of the molecule is Cc1ccc(OC(=O)C(C)S(=O)O)cc1. The number of hydrogen-bond acceptors (Lipinski definition) is 3. The zero-order valence-corrected chi connectivity index (χ0v) is 9.28. The van der Waals surface area contributed by atoms with Crippen molar-refractivity contribution in [3.05, 3.63) is 29.8 Å². The Labute approximate surface area is 90.5 Å². The highest BCUT2D eigenvalue weighted by Crippen LogP contribution is 2.12. The van der Waals surface area contributed by atoms with Crippen LogP contribution in [0.15, 0.2) is 24.3 Å². The lowest BCUT2D eigenvalue weighted by Crippen LogP contribution is -2.26. The van der Waals surface area contributed by atoms with E-state index in [1.54, 1.807) is 24.3 Å². The maximum atomic E-state index is 11.3. The van der Waals surface area contributed by atoms with Gasteiger partial charge in [0.25, 0.3) is 0 Å². The van der Waals surface area contributed by atoms with Gasteiger partial charge in [-0.25, -0.2) is 4.21 Å². The molecule has 1 N–H and O–H groups in total. The molecule has 0 fully saturated rings. The molecule has 0 aliphatic carbocycles. The fourth-order valence-electron chi connectivity index (χ4n) is 0.888. The van der Waals surface area contributed by atoms with Gasteiger partial charge in [-0.05, 0) is 26.0 Å². The Morgan fingerprint density at radius 1 is 1.40 bits per heavy atom. The number of carbonyl (C=O) groups excluding carboxylic acids is 1. The lowest BCUT2D eigenvalue weighted by molar-refractivity contribution is -0.133. The first-order valence-electron chi connectivity index (χ1n) is 4.38. The minimum Gasteiger partial charge on any atom is -0.426 e. The van der Waals surface area contributed by atoms with Crippen molar-refractivity contribution in [2.75, 3.05) is 0 Å². The Morgan fingerprint density at radius 2 is 1.93 bits per heavy atom. The molecule has 0 heterocycles. The number of carbonyl (C=O) groups is 1. The van der Waals surface area contributed by atoms with E-state index in [1.165, 1.54) is 6.92 Å². The number of esters is 1. The molecule has 5 heteroatoms. The predicted octanol–water partition coefficient (Wildman–Crippen LogP) is 1.51. The van der Waals surface area contributed by atoms with Gasteiger partial charge < -0.3 is 9.29 Å². The van der Waals surface area contributed by atoms with Crippen LogP contribution < -0.4 is 4.74 Å². The summed E-state index contributed by atoms with van der Waals surface area (Å²) in [6.07, 6.45) is 0. The Hall–Kier alpha value is -1.20. The standard InChI is InChI=1S/C10H12O4S/c1-7-3-5-9(6-4-7)14-10(11)8(2)15(12)13/h3-6,8H,1-2H3,(H,12,13). The summed E-state index contributed by atoms with van der Waals surface area (Å²) < 4.78 is 24.2. The molecule has 0 aliphatic rings. The van der Waals surface area contributed by atoms with Gasteiger partial charge in [0, 0.05) is 0 Å². The molecular formula is C10H12O4S. The van der Waals surface area contributed by atoms with Gasteiger partial charge >= 0.3 is 5.97 Å². The van der Waals surface area contributed by atoms with Gasteiger partial charge in [-0.1, -0.05) is 17.7 Å². The van der Waals surface area contributed by atoms with Crippen LogP contribution in [0.25, 0.3) is 0 Å². The van der Waals surface area contributed by atoms with Gasteiger partial charge in [0.2, 0.25) is 0 Å². The Bertz CT molecular complexity index is 372. The van der Waals surface area contributed by atoms with Gasteiger partial charge in [0.05, 0.1) is 0 Å². The molecule has 0 bridgehead atoms. The summed E-state index contributed by atoms with van der Waals surface area (Å²) in [7, 11) is 0. The van der Waals surface area contributed by atoms with Crippen molar-refractivity contribution in [3.8, 4) is 5.75 Å². The predicted molar refractivity (Wildman–Crippen MR) is 57.0 cm³/mol. The summed E-state index contributed by atoms with van der Waals surface area (Å²) in [6, 6.07) is 6.87. The van der Waals surface area contributed by atoms with Crippen LogP contribution in [0.5, 0.6) is 5.75 Å². The second-order valence-electron chi connectivity index (χ2n) is 3.15. The van der Waals surface area contributed by atoms with Crippen LogP contribution >= 0.6 is 0 Å².